The number of benzene rings is 1. The summed E-state index contributed by atoms with van der Waals surface area (Å²) in [4.78, 5) is 11.6. The van der Waals surface area contributed by atoms with Gasteiger partial charge in [0.25, 0.3) is 0 Å². The molecule has 1 aliphatic carbocycles. The van der Waals surface area contributed by atoms with Crippen molar-refractivity contribution in [1.82, 2.24) is 5.32 Å². The molecule has 15 heavy (non-hydrogen) atoms. The van der Waals surface area contributed by atoms with Crippen LogP contribution in [0.4, 0.5) is 0 Å². The van der Waals surface area contributed by atoms with Gasteiger partial charge in [0.1, 0.15) is 0 Å². The van der Waals surface area contributed by atoms with Crippen LogP contribution in [-0.4, -0.2) is 12.5 Å². The zero-order chi connectivity index (χ0) is 10.7. The Morgan fingerprint density at radius 3 is 2.60 bits per heavy atom. The van der Waals surface area contributed by atoms with E-state index in [4.69, 9.17) is 0 Å². The predicted molar refractivity (Wildman–Crippen MR) is 60.5 cm³/mol. The van der Waals surface area contributed by atoms with Gasteiger partial charge in [0, 0.05) is 12.0 Å². The van der Waals surface area contributed by atoms with Crippen LogP contribution < -0.4 is 5.32 Å². The third-order valence-electron chi connectivity index (χ3n) is 3.09. The number of hydrogen-bond donors (Lipinski definition) is 1. The molecule has 1 aliphatic rings. The van der Waals surface area contributed by atoms with Gasteiger partial charge in [-0.2, -0.15) is 0 Å². The fraction of sp³-hybridized carbons (Fsp3) is 0.462. The van der Waals surface area contributed by atoms with E-state index < -0.39 is 0 Å². The Morgan fingerprint density at radius 1 is 1.33 bits per heavy atom. The molecule has 0 heterocycles. The van der Waals surface area contributed by atoms with Gasteiger partial charge in [-0.05, 0) is 24.8 Å². The van der Waals surface area contributed by atoms with Crippen LogP contribution in [0.15, 0.2) is 30.3 Å². The highest BCUT2D eigenvalue weighted by Crippen LogP contribution is 2.44. The second-order valence-electron chi connectivity index (χ2n) is 4.55. The van der Waals surface area contributed by atoms with Gasteiger partial charge in [0.05, 0.1) is 0 Å². The Hall–Kier alpha value is -1.31. The number of hydrogen-bond acceptors (Lipinski definition) is 1. The van der Waals surface area contributed by atoms with Crippen molar-refractivity contribution in [2.24, 2.45) is 5.41 Å². The molecule has 80 valence electrons. The van der Waals surface area contributed by atoms with Gasteiger partial charge >= 0.3 is 0 Å². The molecule has 0 spiro atoms. The van der Waals surface area contributed by atoms with Gasteiger partial charge in [-0.15, -0.1) is 0 Å². The molecule has 1 amide bonds. The van der Waals surface area contributed by atoms with Crippen molar-refractivity contribution in [2.75, 3.05) is 6.54 Å². The molecule has 1 aromatic carbocycles. The van der Waals surface area contributed by atoms with Gasteiger partial charge in [-0.25, -0.2) is 0 Å². The highest BCUT2D eigenvalue weighted by atomic mass is 16.2. The monoisotopic (exact) mass is 203 g/mol. The number of amides is 1. The van der Waals surface area contributed by atoms with Crippen LogP contribution in [0.25, 0.3) is 0 Å². The van der Waals surface area contributed by atoms with Crippen molar-refractivity contribution in [3.63, 3.8) is 0 Å². The van der Waals surface area contributed by atoms with E-state index in [2.05, 4.69) is 17.4 Å². The van der Waals surface area contributed by atoms with Crippen molar-refractivity contribution in [3.8, 4) is 0 Å². The minimum Gasteiger partial charge on any atom is -0.355 e. The number of nitrogens with one attached hydrogen (secondary N) is 1. The van der Waals surface area contributed by atoms with E-state index in [1.54, 1.807) is 0 Å². The Bertz CT molecular complexity index is 341. The molecule has 0 aliphatic heterocycles. The van der Waals surface area contributed by atoms with E-state index in [0.29, 0.717) is 0 Å². The van der Waals surface area contributed by atoms with Crippen molar-refractivity contribution < 1.29 is 4.79 Å². The molecule has 1 aromatic rings. The minimum absolute atomic E-state index is 0.0450. The van der Waals surface area contributed by atoms with Crippen molar-refractivity contribution in [1.29, 1.82) is 0 Å². The number of carbonyl (C=O) groups excluding carboxylic acids is 1. The predicted octanol–water partition coefficient (Wildman–Crippen LogP) is 2.15. The highest BCUT2D eigenvalue weighted by molar-refractivity contribution is 5.84. The molecule has 1 saturated carbocycles. The third-order valence-corrected chi connectivity index (χ3v) is 3.09. The fourth-order valence-corrected chi connectivity index (χ4v) is 1.59. The van der Waals surface area contributed by atoms with Crippen molar-refractivity contribution in [2.45, 2.75) is 26.2 Å². The van der Waals surface area contributed by atoms with Crippen molar-refractivity contribution in [3.05, 3.63) is 35.9 Å². The first-order valence-corrected chi connectivity index (χ1v) is 5.53. The first kappa shape index (κ1) is 10.2. The molecule has 0 radical (unpaired) electrons. The summed E-state index contributed by atoms with van der Waals surface area (Å²) >= 11 is 0. The maximum atomic E-state index is 11.6. The van der Waals surface area contributed by atoms with E-state index in [-0.39, 0.29) is 11.3 Å². The molecule has 0 aromatic heterocycles. The number of rotatable bonds is 4. The van der Waals surface area contributed by atoms with Gasteiger partial charge in [0.2, 0.25) is 5.91 Å². The molecule has 0 saturated heterocycles. The first-order valence-electron chi connectivity index (χ1n) is 5.53. The smallest absolute Gasteiger partial charge is 0.225 e. The van der Waals surface area contributed by atoms with Gasteiger partial charge in [-0.3, -0.25) is 4.79 Å². The zero-order valence-electron chi connectivity index (χ0n) is 9.12. The van der Waals surface area contributed by atoms with E-state index in [9.17, 15) is 4.79 Å². The third kappa shape index (κ3) is 2.58. The lowest BCUT2D eigenvalue weighted by Gasteiger charge is -2.09. The summed E-state index contributed by atoms with van der Waals surface area (Å²) in [5.41, 5.74) is 1.23. The first-order chi connectivity index (χ1) is 7.21. The Balaban J connectivity index is 1.73. The molecular formula is C13H17NO. The average molecular weight is 203 g/mol. The highest BCUT2D eigenvalue weighted by Gasteiger charge is 2.44. The minimum atomic E-state index is -0.0450. The lowest BCUT2D eigenvalue weighted by atomic mass is 10.1. The fourth-order valence-electron chi connectivity index (χ4n) is 1.59. The molecule has 2 rings (SSSR count). The zero-order valence-corrected chi connectivity index (χ0v) is 9.12. The largest absolute Gasteiger partial charge is 0.355 e. The second kappa shape index (κ2) is 4.05. The standard InChI is InChI=1S/C13H17NO/c1-13(8-9-13)12(15)14-10-7-11-5-3-2-4-6-11/h2-6H,7-10H2,1H3,(H,14,15). The van der Waals surface area contributed by atoms with Crippen molar-refractivity contribution >= 4 is 5.91 Å². The molecule has 2 heteroatoms. The maximum absolute atomic E-state index is 11.6. The van der Waals surface area contributed by atoms with Gasteiger partial charge in [-0.1, -0.05) is 37.3 Å². The van der Waals surface area contributed by atoms with Gasteiger partial charge < -0.3 is 5.32 Å². The molecule has 1 N–H and O–H groups in total. The quantitative estimate of drug-likeness (QED) is 0.798. The maximum Gasteiger partial charge on any atom is 0.225 e. The Kier molecular flexibility index (Phi) is 2.76. The Labute approximate surface area is 90.7 Å². The molecule has 2 nitrogen and oxygen atoms in total. The van der Waals surface area contributed by atoms with E-state index in [1.165, 1.54) is 5.56 Å². The average Bonchev–Trinajstić information content (AvgIpc) is 2.99. The van der Waals surface area contributed by atoms with Crippen LogP contribution in [-0.2, 0) is 11.2 Å². The van der Waals surface area contributed by atoms with Crippen LogP contribution >= 0.6 is 0 Å². The summed E-state index contributed by atoms with van der Waals surface area (Å²) in [6.07, 6.45) is 3.01. The number of carbonyl (C=O) groups is 1. The SMILES string of the molecule is CC1(C(=O)NCCc2ccccc2)CC1. The summed E-state index contributed by atoms with van der Waals surface area (Å²) in [5, 5.41) is 2.99. The molecule has 0 bridgehead atoms. The van der Waals surface area contributed by atoms with E-state index >= 15 is 0 Å². The summed E-state index contributed by atoms with van der Waals surface area (Å²) < 4.78 is 0. The lowest BCUT2D eigenvalue weighted by Crippen LogP contribution is -2.31. The van der Waals surface area contributed by atoms with Crippen LogP contribution in [0.2, 0.25) is 0 Å². The molecular weight excluding hydrogens is 186 g/mol. The van der Waals surface area contributed by atoms with Crippen LogP contribution in [0.3, 0.4) is 0 Å². The lowest BCUT2D eigenvalue weighted by molar-refractivity contribution is -0.125. The summed E-state index contributed by atoms with van der Waals surface area (Å²) in [7, 11) is 0. The van der Waals surface area contributed by atoms with Gasteiger partial charge in [0.15, 0.2) is 0 Å². The van der Waals surface area contributed by atoms with Crippen LogP contribution in [0.5, 0.6) is 0 Å². The molecule has 1 fully saturated rings. The summed E-state index contributed by atoms with van der Waals surface area (Å²) in [6.45, 7) is 2.78. The van der Waals surface area contributed by atoms with Crippen LogP contribution in [0.1, 0.15) is 25.3 Å². The Morgan fingerprint density at radius 2 is 2.00 bits per heavy atom. The topological polar surface area (TPSA) is 29.1 Å². The molecule has 0 unspecified atom stereocenters. The summed E-state index contributed by atoms with van der Waals surface area (Å²) in [6, 6.07) is 10.2. The van der Waals surface area contributed by atoms with E-state index in [0.717, 1.165) is 25.8 Å². The molecule has 0 atom stereocenters. The second-order valence-corrected chi connectivity index (χ2v) is 4.55. The normalized spacial score (nSPS) is 17.1. The van der Waals surface area contributed by atoms with E-state index in [1.807, 2.05) is 25.1 Å². The van der Waals surface area contributed by atoms with Crippen LogP contribution in [0, 0.1) is 5.41 Å². The summed E-state index contributed by atoms with van der Waals surface area (Å²) in [5.74, 6) is 0.221.